The summed E-state index contributed by atoms with van der Waals surface area (Å²) in [5.74, 6) is 0.453. The second kappa shape index (κ2) is 4.77. The highest BCUT2D eigenvalue weighted by Crippen LogP contribution is 2.34. The minimum absolute atomic E-state index is 0.0868. The van der Waals surface area contributed by atoms with Crippen molar-refractivity contribution in [3.05, 3.63) is 35.9 Å². The monoisotopic (exact) mass is 207 g/mol. The van der Waals surface area contributed by atoms with E-state index in [9.17, 15) is 5.11 Å². The lowest BCUT2D eigenvalue weighted by atomic mass is 9.76. The molecule has 1 aromatic rings. The third kappa shape index (κ3) is 2.80. The Morgan fingerprint density at radius 3 is 2.20 bits per heavy atom. The summed E-state index contributed by atoms with van der Waals surface area (Å²) in [6.45, 7) is 6.32. The van der Waals surface area contributed by atoms with E-state index in [-0.39, 0.29) is 12.5 Å². The summed E-state index contributed by atoms with van der Waals surface area (Å²) in [7, 11) is 0. The van der Waals surface area contributed by atoms with E-state index in [0.29, 0.717) is 5.92 Å². The molecule has 2 atom stereocenters. The van der Waals surface area contributed by atoms with Gasteiger partial charge in [0, 0.05) is 12.5 Å². The highest BCUT2D eigenvalue weighted by molar-refractivity contribution is 5.23. The number of rotatable bonds is 4. The fourth-order valence-electron chi connectivity index (χ4n) is 2.25. The Hall–Kier alpha value is -0.860. The van der Waals surface area contributed by atoms with Crippen LogP contribution in [-0.2, 0) is 0 Å². The van der Waals surface area contributed by atoms with Gasteiger partial charge in [-0.2, -0.15) is 0 Å². The van der Waals surface area contributed by atoms with Crippen LogP contribution >= 0.6 is 0 Å². The topological polar surface area (TPSA) is 46.2 Å². The molecule has 84 valence electrons. The third-order valence-corrected chi connectivity index (χ3v) is 2.91. The Morgan fingerprint density at radius 2 is 1.80 bits per heavy atom. The quantitative estimate of drug-likeness (QED) is 0.794. The predicted molar refractivity (Wildman–Crippen MR) is 63.7 cm³/mol. The lowest BCUT2D eigenvalue weighted by Crippen LogP contribution is -2.42. The first-order chi connectivity index (χ1) is 6.99. The van der Waals surface area contributed by atoms with Gasteiger partial charge in [-0.1, -0.05) is 44.2 Å². The molecule has 0 fully saturated rings. The molecule has 0 amide bonds. The van der Waals surface area contributed by atoms with E-state index < -0.39 is 5.60 Å². The maximum atomic E-state index is 10.3. The van der Waals surface area contributed by atoms with E-state index in [1.165, 1.54) is 0 Å². The van der Waals surface area contributed by atoms with E-state index in [2.05, 4.69) is 26.0 Å². The highest BCUT2D eigenvalue weighted by Gasteiger charge is 2.33. The Balaban J connectivity index is 3.04. The van der Waals surface area contributed by atoms with Gasteiger partial charge >= 0.3 is 0 Å². The first kappa shape index (κ1) is 12.2. The van der Waals surface area contributed by atoms with E-state index in [4.69, 9.17) is 5.73 Å². The van der Waals surface area contributed by atoms with Crippen LogP contribution in [0.2, 0.25) is 0 Å². The molecule has 15 heavy (non-hydrogen) atoms. The molecule has 2 unspecified atom stereocenters. The van der Waals surface area contributed by atoms with Gasteiger partial charge in [0.25, 0.3) is 0 Å². The first-order valence-corrected chi connectivity index (χ1v) is 5.46. The van der Waals surface area contributed by atoms with Crippen LogP contribution in [0.4, 0.5) is 0 Å². The van der Waals surface area contributed by atoms with Crippen molar-refractivity contribution in [1.29, 1.82) is 0 Å². The maximum Gasteiger partial charge on any atom is 0.0811 e. The van der Waals surface area contributed by atoms with Gasteiger partial charge in [0.15, 0.2) is 0 Å². The van der Waals surface area contributed by atoms with Crippen LogP contribution in [0.15, 0.2) is 30.3 Å². The number of hydrogen-bond acceptors (Lipinski definition) is 2. The predicted octanol–water partition coefficient (Wildman–Crippen LogP) is 2.14. The fraction of sp³-hybridized carbons (Fsp3) is 0.538. The number of aliphatic hydroxyl groups is 1. The smallest absolute Gasteiger partial charge is 0.0811 e. The molecule has 3 N–H and O–H groups in total. The van der Waals surface area contributed by atoms with Gasteiger partial charge in [-0.25, -0.2) is 0 Å². The molecule has 0 spiro atoms. The molecule has 0 aliphatic heterocycles. The van der Waals surface area contributed by atoms with Crippen LogP contribution in [0.25, 0.3) is 0 Å². The summed E-state index contributed by atoms with van der Waals surface area (Å²) in [5.41, 5.74) is 5.95. The largest absolute Gasteiger partial charge is 0.388 e. The zero-order valence-electron chi connectivity index (χ0n) is 9.77. The van der Waals surface area contributed by atoms with E-state index in [0.717, 1.165) is 5.56 Å². The SMILES string of the molecule is CC(C)C(c1ccccc1)C(C)(O)CN. The Kier molecular flexibility index (Phi) is 3.89. The molecule has 0 heterocycles. The number of hydrogen-bond donors (Lipinski definition) is 2. The highest BCUT2D eigenvalue weighted by atomic mass is 16.3. The second-order valence-electron chi connectivity index (χ2n) is 4.69. The molecule has 0 aliphatic rings. The molecule has 1 aromatic carbocycles. The molecule has 0 bridgehead atoms. The summed E-state index contributed by atoms with van der Waals surface area (Å²) in [4.78, 5) is 0. The lowest BCUT2D eigenvalue weighted by molar-refractivity contribution is 0.0233. The van der Waals surface area contributed by atoms with Crippen LogP contribution < -0.4 is 5.73 Å². The van der Waals surface area contributed by atoms with Crippen LogP contribution in [0, 0.1) is 5.92 Å². The van der Waals surface area contributed by atoms with Crippen LogP contribution in [0.1, 0.15) is 32.3 Å². The van der Waals surface area contributed by atoms with Gasteiger partial charge in [-0.05, 0) is 18.4 Å². The number of benzene rings is 1. The lowest BCUT2D eigenvalue weighted by Gasteiger charge is -2.35. The molecular weight excluding hydrogens is 186 g/mol. The van der Waals surface area contributed by atoms with Crippen LogP contribution in [0.5, 0.6) is 0 Å². The molecule has 1 rings (SSSR count). The molecule has 0 aromatic heterocycles. The van der Waals surface area contributed by atoms with Crippen molar-refractivity contribution in [2.45, 2.75) is 32.3 Å². The van der Waals surface area contributed by atoms with Crippen molar-refractivity contribution in [2.75, 3.05) is 6.54 Å². The van der Waals surface area contributed by atoms with Crippen molar-refractivity contribution in [3.63, 3.8) is 0 Å². The minimum atomic E-state index is -0.838. The van der Waals surface area contributed by atoms with Gasteiger partial charge < -0.3 is 10.8 Å². The molecule has 0 aliphatic carbocycles. The Labute approximate surface area is 92.1 Å². The summed E-state index contributed by atoms with van der Waals surface area (Å²) >= 11 is 0. The molecule has 2 heteroatoms. The maximum absolute atomic E-state index is 10.3. The summed E-state index contributed by atoms with van der Waals surface area (Å²) in [6.07, 6.45) is 0. The van der Waals surface area contributed by atoms with E-state index >= 15 is 0 Å². The van der Waals surface area contributed by atoms with Crippen molar-refractivity contribution in [3.8, 4) is 0 Å². The molecular formula is C13H21NO. The summed E-state index contributed by atoms with van der Waals surface area (Å²) in [5, 5.41) is 10.3. The van der Waals surface area contributed by atoms with Crippen molar-refractivity contribution < 1.29 is 5.11 Å². The normalized spacial score (nSPS) is 17.5. The van der Waals surface area contributed by atoms with Gasteiger partial charge in [0.05, 0.1) is 5.60 Å². The zero-order chi connectivity index (χ0) is 11.5. The molecule has 0 radical (unpaired) electrons. The van der Waals surface area contributed by atoms with Crippen molar-refractivity contribution >= 4 is 0 Å². The fourth-order valence-corrected chi connectivity index (χ4v) is 2.25. The summed E-state index contributed by atoms with van der Waals surface area (Å²) in [6, 6.07) is 10.1. The Bertz CT molecular complexity index is 293. The average molecular weight is 207 g/mol. The van der Waals surface area contributed by atoms with Crippen LogP contribution in [0.3, 0.4) is 0 Å². The van der Waals surface area contributed by atoms with Crippen LogP contribution in [-0.4, -0.2) is 17.3 Å². The standard InChI is InChI=1S/C13H21NO/c1-10(2)12(13(3,15)9-14)11-7-5-4-6-8-11/h4-8,10,12,15H,9,14H2,1-3H3. The van der Waals surface area contributed by atoms with Gasteiger partial charge in [0.1, 0.15) is 0 Å². The Morgan fingerprint density at radius 1 is 1.27 bits per heavy atom. The van der Waals surface area contributed by atoms with E-state index in [1.54, 1.807) is 0 Å². The molecule has 2 nitrogen and oxygen atoms in total. The summed E-state index contributed by atoms with van der Waals surface area (Å²) < 4.78 is 0. The van der Waals surface area contributed by atoms with E-state index in [1.807, 2.05) is 25.1 Å². The zero-order valence-corrected chi connectivity index (χ0v) is 9.77. The minimum Gasteiger partial charge on any atom is -0.388 e. The number of nitrogens with two attached hydrogens (primary N) is 1. The van der Waals surface area contributed by atoms with Gasteiger partial charge in [-0.15, -0.1) is 0 Å². The average Bonchev–Trinajstić information content (AvgIpc) is 2.18. The first-order valence-electron chi connectivity index (χ1n) is 5.46. The van der Waals surface area contributed by atoms with Crippen molar-refractivity contribution in [2.24, 2.45) is 11.7 Å². The van der Waals surface area contributed by atoms with Crippen molar-refractivity contribution in [1.82, 2.24) is 0 Å². The second-order valence-corrected chi connectivity index (χ2v) is 4.69. The molecule has 0 saturated carbocycles. The molecule has 0 saturated heterocycles. The van der Waals surface area contributed by atoms with Gasteiger partial charge in [0.2, 0.25) is 0 Å². The third-order valence-electron chi connectivity index (χ3n) is 2.91. The van der Waals surface area contributed by atoms with Gasteiger partial charge in [-0.3, -0.25) is 0 Å².